The third-order valence-corrected chi connectivity index (χ3v) is 6.65. The van der Waals surface area contributed by atoms with Crippen LogP contribution in [0.5, 0.6) is 0 Å². The van der Waals surface area contributed by atoms with E-state index in [9.17, 15) is 14.7 Å². The highest BCUT2D eigenvalue weighted by Gasteiger charge is 2.29. The molecule has 4 rings (SSSR count). The smallest absolute Gasteiger partial charge is 0.326 e. The van der Waals surface area contributed by atoms with Crippen LogP contribution in [0.4, 0.5) is 0 Å². The number of H-pyrrole nitrogens is 1. The van der Waals surface area contributed by atoms with Gasteiger partial charge in [0.05, 0.1) is 11.0 Å². The summed E-state index contributed by atoms with van der Waals surface area (Å²) >= 11 is 0. The van der Waals surface area contributed by atoms with Crippen molar-refractivity contribution in [3.8, 4) is 0 Å². The summed E-state index contributed by atoms with van der Waals surface area (Å²) in [5, 5.41) is 25.0. The van der Waals surface area contributed by atoms with E-state index in [1.807, 2.05) is 24.3 Å². The number of nitrogens with two attached hydrogens (primary N) is 2. The number of carboxylic acid groups (broad SMARTS) is 1. The number of benzene rings is 3. The molecule has 4 aromatic rings. The Bertz CT molecular complexity index is 1530. The van der Waals surface area contributed by atoms with Gasteiger partial charge in [-0.3, -0.25) is 15.6 Å². The number of carbonyl (C=O) groups is 2. The maximum atomic E-state index is 13.5. The van der Waals surface area contributed by atoms with Crippen LogP contribution in [0.1, 0.15) is 45.4 Å². The Morgan fingerprint density at radius 3 is 2.00 bits per heavy atom. The molecule has 3 aromatic carbocycles. The number of hydrogen-bond acceptors (Lipinski definition) is 5. The number of aliphatic carboxylic acids is 1. The number of carboxylic acids is 1. The van der Waals surface area contributed by atoms with Gasteiger partial charge in [-0.15, -0.1) is 0 Å². The van der Waals surface area contributed by atoms with Crippen molar-refractivity contribution in [2.75, 3.05) is 6.54 Å². The minimum Gasteiger partial charge on any atom is -0.480 e. The Labute approximate surface area is 225 Å². The van der Waals surface area contributed by atoms with E-state index < -0.39 is 12.0 Å². The van der Waals surface area contributed by atoms with Crippen molar-refractivity contribution in [3.63, 3.8) is 0 Å². The summed E-state index contributed by atoms with van der Waals surface area (Å²) in [4.78, 5) is 34.9. The van der Waals surface area contributed by atoms with Crippen LogP contribution in [0.2, 0.25) is 0 Å². The number of rotatable bonds is 11. The molecule has 0 saturated carbocycles. The second-order valence-corrected chi connectivity index (χ2v) is 9.29. The highest BCUT2D eigenvalue weighted by Crippen LogP contribution is 2.19. The second kappa shape index (κ2) is 11.6. The average molecular weight is 526 g/mol. The van der Waals surface area contributed by atoms with Gasteiger partial charge in [0.15, 0.2) is 0 Å². The van der Waals surface area contributed by atoms with E-state index in [1.54, 1.807) is 49.4 Å². The summed E-state index contributed by atoms with van der Waals surface area (Å²) < 4.78 is 0. The largest absolute Gasteiger partial charge is 0.480 e. The normalized spacial score (nSPS) is 11.7. The SMILES string of the molecule is CCN(C(=O)c1ccc2nc(CCc3ccc(C(=N)N)cc3)[nH]c2c1)C(Cc1ccc(C(=N)N)cc1)C(=O)O. The first-order valence-corrected chi connectivity index (χ1v) is 12.5. The van der Waals surface area contributed by atoms with Gasteiger partial charge in [0.1, 0.15) is 23.5 Å². The van der Waals surface area contributed by atoms with Gasteiger partial charge < -0.3 is 26.5 Å². The second-order valence-electron chi connectivity index (χ2n) is 9.29. The van der Waals surface area contributed by atoms with Crippen LogP contribution in [-0.2, 0) is 24.1 Å². The predicted molar refractivity (Wildman–Crippen MR) is 150 cm³/mol. The lowest BCUT2D eigenvalue weighted by Crippen LogP contribution is -2.46. The fourth-order valence-electron chi connectivity index (χ4n) is 4.47. The van der Waals surface area contributed by atoms with Crippen molar-refractivity contribution in [1.82, 2.24) is 14.9 Å². The van der Waals surface area contributed by atoms with Crippen molar-refractivity contribution in [2.24, 2.45) is 11.5 Å². The van der Waals surface area contributed by atoms with E-state index in [-0.39, 0.29) is 30.5 Å². The minimum absolute atomic E-state index is 0.0313. The first-order valence-electron chi connectivity index (χ1n) is 12.5. The van der Waals surface area contributed by atoms with Crippen LogP contribution in [0.3, 0.4) is 0 Å². The molecule has 0 bridgehead atoms. The summed E-state index contributed by atoms with van der Waals surface area (Å²) in [6, 6.07) is 18.4. The molecular formula is C29H31N7O3. The van der Waals surface area contributed by atoms with Crippen molar-refractivity contribution >= 4 is 34.6 Å². The van der Waals surface area contributed by atoms with Crippen LogP contribution >= 0.6 is 0 Å². The van der Waals surface area contributed by atoms with Gasteiger partial charge in [0, 0.05) is 36.1 Å². The summed E-state index contributed by atoms with van der Waals surface area (Å²) in [7, 11) is 0. The quantitative estimate of drug-likeness (QED) is 0.129. The number of hydrogen-bond donors (Lipinski definition) is 6. The molecule has 39 heavy (non-hydrogen) atoms. The Kier molecular flexibility index (Phi) is 8.04. The van der Waals surface area contributed by atoms with Gasteiger partial charge in [-0.2, -0.15) is 0 Å². The van der Waals surface area contributed by atoms with E-state index >= 15 is 0 Å². The Balaban J connectivity index is 1.49. The number of carbonyl (C=O) groups excluding carboxylic acids is 1. The highest BCUT2D eigenvalue weighted by molar-refractivity contribution is 5.99. The minimum atomic E-state index is -1.10. The first kappa shape index (κ1) is 27.1. The molecule has 1 heterocycles. The van der Waals surface area contributed by atoms with Gasteiger partial charge in [-0.1, -0.05) is 48.5 Å². The zero-order chi connectivity index (χ0) is 28.1. The van der Waals surface area contributed by atoms with Crippen molar-refractivity contribution in [2.45, 2.75) is 32.2 Å². The molecule has 0 aliphatic rings. The first-order chi connectivity index (χ1) is 18.7. The average Bonchev–Trinajstić information content (AvgIpc) is 3.34. The Hall–Kier alpha value is -4.99. The van der Waals surface area contributed by atoms with Crippen LogP contribution in [0.25, 0.3) is 11.0 Å². The Morgan fingerprint density at radius 1 is 0.897 bits per heavy atom. The number of fused-ring (bicyclic) bond motifs is 1. The molecule has 8 N–H and O–H groups in total. The molecule has 0 aliphatic carbocycles. The lowest BCUT2D eigenvalue weighted by atomic mass is 10.0. The van der Waals surface area contributed by atoms with Crippen LogP contribution in [0.15, 0.2) is 66.7 Å². The molecule has 1 amide bonds. The monoisotopic (exact) mass is 525 g/mol. The molecule has 200 valence electrons. The molecule has 1 atom stereocenters. The molecule has 0 saturated heterocycles. The van der Waals surface area contributed by atoms with E-state index in [4.69, 9.17) is 22.3 Å². The molecule has 1 unspecified atom stereocenters. The van der Waals surface area contributed by atoms with Crippen molar-refractivity contribution in [1.29, 1.82) is 10.8 Å². The van der Waals surface area contributed by atoms with Gasteiger partial charge >= 0.3 is 5.97 Å². The highest BCUT2D eigenvalue weighted by atomic mass is 16.4. The summed E-state index contributed by atoms with van der Waals surface area (Å²) in [5.41, 5.74) is 15.9. The topological polar surface area (TPSA) is 186 Å². The zero-order valence-corrected chi connectivity index (χ0v) is 21.6. The van der Waals surface area contributed by atoms with E-state index in [1.165, 1.54) is 4.90 Å². The Morgan fingerprint density at radius 2 is 1.46 bits per heavy atom. The molecule has 0 spiro atoms. The van der Waals surface area contributed by atoms with Crippen LogP contribution in [0, 0.1) is 10.8 Å². The summed E-state index contributed by atoms with van der Waals surface area (Å²) in [6.07, 6.45) is 1.51. The molecule has 0 aliphatic heterocycles. The zero-order valence-electron chi connectivity index (χ0n) is 21.6. The standard InChI is InChI=1S/C29H31N7O3/c1-2-36(24(29(38)39)15-18-5-10-20(11-6-18)27(32)33)28(37)21-12-13-22-23(16-21)35-25(34-22)14-7-17-3-8-19(9-4-17)26(30)31/h3-6,8-13,16,24H,2,7,14-15H2,1H3,(H3,30,31)(H3,32,33)(H,34,35)(H,38,39). The van der Waals surface area contributed by atoms with Gasteiger partial charge in [-0.05, 0) is 42.7 Å². The summed E-state index contributed by atoms with van der Waals surface area (Å²) in [6.45, 7) is 1.97. The van der Waals surface area contributed by atoms with E-state index in [0.717, 1.165) is 28.9 Å². The molecule has 0 fully saturated rings. The number of amidine groups is 2. The van der Waals surface area contributed by atoms with E-state index in [0.29, 0.717) is 28.6 Å². The predicted octanol–water partition coefficient (Wildman–Crippen LogP) is 3.07. The van der Waals surface area contributed by atoms with Gasteiger partial charge in [-0.25, -0.2) is 9.78 Å². The van der Waals surface area contributed by atoms with Crippen molar-refractivity contribution < 1.29 is 14.7 Å². The number of nitrogens with zero attached hydrogens (tertiary/aromatic N) is 2. The number of nitrogen functional groups attached to an aromatic ring is 2. The van der Waals surface area contributed by atoms with E-state index in [2.05, 4.69) is 9.97 Å². The third kappa shape index (κ3) is 6.30. The lowest BCUT2D eigenvalue weighted by molar-refractivity contribution is -0.142. The number of imidazole rings is 1. The number of nitrogens with one attached hydrogen (secondary N) is 3. The molecular weight excluding hydrogens is 494 g/mol. The van der Waals surface area contributed by atoms with Gasteiger partial charge in [0.25, 0.3) is 5.91 Å². The van der Waals surface area contributed by atoms with Crippen molar-refractivity contribution in [3.05, 3.63) is 100 Å². The molecule has 10 nitrogen and oxygen atoms in total. The molecule has 1 aromatic heterocycles. The number of likely N-dealkylation sites (N-methyl/N-ethyl adjacent to an activating group) is 1. The number of aromatic nitrogens is 2. The van der Waals surface area contributed by atoms with Gasteiger partial charge in [0.2, 0.25) is 0 Å². The maximum Gasteiger partial charge on any atom is 0.326 e. The summed E-state index contributed by atoms with van der Waals surface area (Å²) in [5.74, 6) is -0.739. The molecule has 0 radical (unpaired) electrons. The number of aryl methyl sites for hydroxylation is 2. The third-order valence-electron chi connectivity index (χ3n) is 6.65. The number of aromatic amines is 1. The molecule has 10 heteroatoms. The fraction of sp³-hybridized carbons (Fsp3) is 0.207. The fourth-order valence-corrected chi connectivity index (χ4v) is 4.47. The maximum absolute atomic E-state index is 13.5. The van der Waals surface area contributed by atoms with Crippen LogP contribution in [-0.4, -0.2) is 56.1 Å². The lowest BCUT2D eigenvalue weighted by Gasteiger charge is -2.28. The van der Waals surface area contributed by atoms with Crippen LogP contribution < -0.4 is 11.5 Å². The number of amides is 1.